The number of anilines is 5. The predicted molar refractivity (Wildman–Crippen MR) is 132 cm³/mol. The Labute approximate surface area is 195 Å². The number of aryl methyl sites for hydroxylation is 2. The van der Waals surface area contributed by atoms with Gasteiger partial charge in [-0.1, -0.05) is 17.3 Å². The highest BCUT2D eigenvalue weighted by Crippen LogP contribution is 2.36. The number of amides is 3. The second-order valence-electron chi connectivity index (χ2n) is 7.96. The first-order valence-electron chi connectivity index (χ1n) is 10.6. The summed E-state index contributed by atoms with van der Waals surface area (Å²) in [7, 11) is 0. The second-order valence-corrected chi connectivity index (χ2v) is 7.96. The average molecular weight is 454 g/mol. The zero-order valence-electron chi connectivity index (χ0n) is 18.5. The van der Waals surface area contributed by atoms with Crippen LogP contribution in [0.5, 0.6) is 0 Å². The first-order valence-corrected chi connectivity index (χ1v) is 10.6. The van der Waals surface area contributed by atoms with Crippen molar-refractivity contribution in [2.45, 2.75) is 13.8 Å². The summed E-state index contributed by atoms with van der Waals surface area (Å²) in [4.78, 5) is 27.8. The van der Waals surface area contributed by atoms with E-state index in [0.717, 1.165) is 33.9 Å². The van der Waals surface area contributed by atoms with Crippen molar-refractivity contribution in [3.63, 3.8) is 0 Å². The van der Waals surface area contributed by atoms with Crippen molar-refractivity contribution in [1.29, 1.82) is 0 Å². The number of nitrogens with one attached hydrogen (secondary N) is 5. The first-order chi connectivity index (χ1) is 16.4. The minimum atomic E-state index is -0.437. The van der Waals surface area contributed by atoms with Gasteiger partial charge in [0.25, 0.3) is 5.91 Å². The van der Waals surface area contributed by atoms with Gasteiger partial charge in [-0.25, -0.2) is 4.79 Å². The van der Waals surface area contributed by atoms with E-state index in [1.165, 1.54) is 0 Å². The molecule has 0 atom stereocenters. The lowest BCUT2D eigenvalue weighted by molar-refractivity contribution is -0.110. The Bertz CT molecular complexity index is 1420. The molecule has 4 aromatic rings. The van der Waals surface area contributed by atoms with Crippen molar-refractivity contribution in [2.75, 3.05) is 21.3 Å². The van der Waals surface area contributed by atoms with Crippen LogP contribution in [0.25, 0.3) is 11.6 Å². The molecule has 0 saturated carbocycles. The van der Waals surface area contributed by atoms with E-state index in [1.807, 2.05) is 67.7 Å². The lowest BCUT2D eigenvalue weighted by Crippen LogP contribution is -2.19. The van der Waals surface area contributed by atoms with Crippen LogP contribution in [0.1, 0.15) is 22.5 Å². The number of aromatic amines is 1. The molecule has 0 aliphatic carbocycles. The van der Waals surface area contributed by atoms with Gasteiger partial charge in [0.05, 0.1) is 17.0 Å². The molecule has 0 saturated heterocycles. The molecule has 1 aliphatic rings. The number of fused-ring (bicyclic) bond motifs is 1. The number of nitrogens with zero attached hydrogens (tertiary/aromatic N) is 1. The Morgan fingerprint density at radius 3 is 2.65 bits per heavy atom. The molecule has 9 nitrogen and oxygen atoms in total. The minimum absolute atomic E-state index is 0.142. The third kappa shape index (κ3) is 4.40. The van der Waals surface area contributed by atoms with Crippen molar-refractivity contribution in [1.82, 2.24) is 10.1 Å². The molecule has 2 aromatic heterocycles. The van der Waals surface area contributed by atoms with E-state index in [2.05, 4.69) is 31.4 Å². The highest BCUT2D eigenvalue weighted by Gasteiger charge is 2.24. The van der Waals surface area contributed by atoms with E-state index >= 15 is 0 Å². The van der Waals surface area contributed by atoms with Gasteiger partial charge in [-0.05, 0) is 61.9 Å². The molecule has 2 aromatic carbocycles. The van der Waals surface area contributed by atoms with Gasteiger partial charge >= 0.3 is 6.03 Å². The maximum Gasteiger partial charge on any atom is 0.326 e. The monoisotopic (exact) mass is 454 g/mol. The summed E-state index contributed by atoms with van der Waals surface area (Å²) >= 11 is 0. The van der Waals surface area contributed by atoms with Crippen LogP contribution in [0.15, 0.2) is 65.3 Å². The topological polar surface area (TPSA) is 124 Å². The van der Waals surface area contributed by atoms with Gasteiger partial charge in [-0.15, -0.1) is 0 Å². The highest BCUT2D eigenvalue weighted by atomic mass is 16.5. The van der Waals surface area contributed by atoms with E-state index < -0.39 is 6.03 Å². The van der Waals surface area contributed by atoms with Crippen LogP contribution in [0.2, 0.25) is 0 Å². The van der Waals surface area contributed by atoms with Crippen molar-refractivity contribution in [2.24, 2.45) is 0 Å². The Balaban J connectivity index is 1.32. The van der Waals surface area contributed by atoms with Crippen LogP contribution in [-0.2, 0) is 4.79 Å². The highest BCUT2D eigenvalue weighted by molar-refractivity contribution is 6.35. The number of benzene rings is 2. The fourth-order valence-electron chi connectivity index (χ4n) is 3.69. The van der Waals surface area contributed by atoms with E-state index in [-0.39, 0.29) is 11.8 Å². The lowest BCUT2D eigenvalue weighted by Gasteiger charge is -2.13. The van der Waals surface area contributed by atoms with Crippen molar-refractivity contribution < 1.29 is 14.1 Å². The van der Waals surface area contributed by atoms with Gasteiger partial charge in [-0.3, -0.25) is 10.1 Å². The Morgan fingerprint density at radius 2 is 1.88 bits per heavy atom. The number of H-pyrrole nitrogens is 1. The van der Waals surface area contributed by atoms with E-state index in [1.54, 1.807) is 13.0 Å². The molecular formula is C25H22N6O3. The molecule has 5 N–H and O–H groups in total. The van der Waals surface area contributed by atoms with Gasteiger partial charge < -0.3 is 25.5 Å². The number of urea groups is 1. The molecule has 9 heteroatoms. The molecule has 1 aliphatic heterocycles. The summed E-state index contributed by atoms with van der Waals surface area (Å²) in [6.07, 6.45) is 3.65. The number of aromatic nitrogens is 2. The Morgan fingerprint density at radius 1 is 1.03 bits per heavy atom. The average Bonchev–Trinajstić information content (AvgIpc) is 3.52. The van der Waals surface area contributed by atoms with Crippen LogP contribution in [-0.4, -0.2) is 22.1 Å². The molecule has 34 heavy (non-hydrogen) atoms. The van der Waals surface area contributed by atoms with E-state index in [0.29, 0.717) is 17.0 Å². The van der Waals surface area contributed by atoms with Gasteiger partial charge in [0.15, 0.2) is 0 Å². The van der Waals surface area contributed by atoms with Crippen molar-refractivity contribution >= 4 is 52.2 Å². The normalized spacial score (nSPS) is 13.5. The standard InChI is InChI=1S/C25H22N6O3/c1-14-5-6-18(28-25(33)30-23-10-15(2)31-34-23)12-21(14)27-17-7-8-19-20(11-16-4-3-9-26-16)24(32)29-22(19)13-17/h3-13,26-27H,1-2H3,(H,29,32)(H2,28,30,33)/b20-11-. The molecule has 3 amide bonds. The van der Waals surface area contributed by atoms with Crippen LogP contribution in [0.3, 0.4) is 0 Å². The molecule has 0 unspecified atom stereocenters. The first kappa shape index (κ1) is 21.1. The van der Waals surface area contributed by atoms with Crippen LogP contribution < -0.4 is 21.3 Å². The summed E-state index contributed by atoms with van der Waals surface area (Å²) in [5.41, 5.74) is 6.96. The molecule has 3 heterocycles. The van der Waals surface area contributed by atoms with Gasteiger partial charge in [0.2, 0.25) is 5.88 Å². The number of hydrogen-bond acceptors (Lipinski definition) is 5. The molecule has 0 spiro atoms. The molecule has 0 fully saturated rings. The maximum absolute atomic E-state index is 12.5. The quantitative estimate of drug-likeness (QED) is 0.255. The van der Waals surface area contributed by atoms with E-state index in [9.17, 15) is 9.59 Å². The zero-order valence-corrected chi connectivity index (χ0v) is 18.5. The summed E-state index contributed by atoms with van der Waals surface area (Å²) < 4.78 is 5.01. The number of rotatable bonds is 5. The number of carbonyl (C=O) groups excluding carboxylic acids is 2. The maximum atomic E-state index is 12.5. The fraction of sp³-hybridized carbons (Fsp3) is 0.0800. The summed E-state index contributed by atoms with van der Waals surface area (Å²) in [5, 5.41) is 15.4. The van der Waals surface area contributed by atoms with Crippen LogP contribution >= 0.6 is 0 Å². The SMILES string of the molecule is Cc1cc(NC(=O)Nc2ccc(C)c(Nc3ccc4c(c3)NC(=O)/C4=C\c3ccc[nH]3)c2)on1. The smallest absolute Gasteiger partial charge is 0.326 e. The molecular weight excluding hydrogens is 432 g/mol. The lowest BCUT2D eigenvalue weighted by atomic mass is 10.1. The minimum Gasteiger partial charge on any atom is -0.362 e. The predicted octanol–water partition coefficient (Wildman–Crippen LogP) is 5.50. The zero-order chi connectivity index (χ0) is 23.7. The number of hydrogen-bond donors (Lipinski definition) is 5. The molecule has 0 radical (unpaired) electrons. The third-order valence-electron chi connectivity index (χ3n) is 5.36. The third-order valence-corrected chi connectivity index (χ3v) is 5.36. The molecule has 5 rings (SSSR count). The summed E-state index contributed by atoms with van der Waals surface area (Å²) in [6.45, 7) is 3.74. The van der Waals surface area contributed by atoms with Gasteiger partial charge in [0.1, 0.15) is 0 Å². The van der Waals surface area contributed by atoms with Gasteiger partial charge in [-0.2, -0.15) is 0 Å². The van der Waals surface area contributed by atoms with Crippen molar-refractivity contribution in [3.05, 3.63) is 83.3 Å². The van der Waals surface area contributed by atoms with Crippen LogP contribution in [0.4, 0.5) is 33.4 Å². The number of carbonyl (C=O) groups is 2. The molecule has 170 valence electrons. The summed E-state index contributed by atoms with van der Waals surface area (Å²) in [6, 6.07) is 16.3. The van der Waals surface area contributed by atoms with E-state index in [4.69, 9.17) is 4.52 Å². The van der Waals surface area contributed by atoms with Crippen LogP contribution in [0, 0.1) is 13.8 Å². The Hall–Kier alpha value is -4.79. The largest absolute Gasteiger partial charge is 0.362 e. The summed E-state index contributed by atoms with van der Waals surface area (Å²) in [5.74, 6) is 0.127. The molecule has 0 bridgehead atoms. The Kier molecular flexibility index (Phi) is 5.35. The second kappa shape index (κ2) is 8.62. The fourth-order valence-corrected chi connectivity index (χ4v) is 3.69. The van der Waals surface area contributed by atoms with Gasteiger partial charge in [0, 0.05) is 40.6 Å². The van der Waals surface area contributed by atoms with Crippen molar-refractivity contribution in [3.8, 4) is 0 Å².